The first-order chi connectivity index (χ1) is 26.2. The summed E-state index contributed by atoms with van der Waals surface area (Å²) in [6, 6.07) is 38.3. The van der Waals surface area contributed by atoms with Gasteiger partial charge in [-0.25, -0.2) is 0 Å². The van der Waals surface area contributed by atoms with Crippen molar-refractivity contribution in [1.29, 1.82) is 0 Å². The Kier molecular flexibility index (Phi) is 9.28. The lowest BCUT2D eigenvalue weighted by Gasteiger charge is -2.36. The van der Waals surface area contributed by atoms with Gasteiger partial charge < -0.3 is 5.73 Å². The molecule has 3 aliphatic rings. The van der Waals surface area contributed by atoms with Gasteiger partial charge in [0.2, 0.25) is 0 Å². The third kappa shape index (κ3) is 6.12. The summed E-state index contributed by atoms with van der Waals surface area (Å²) in [4.78, 5) is 2.36. The van der Waals surface area contributed by atoms with Crippen molar-refractivity contribution in [2.75, 3.05) is 4.90 Å². The van der Waals surface area contributed by atoms with E-state index in [-0.39, 0.29) is 5.41 Å². The molecule has 0 saturated heterocycles. The quantitative estimate of drug-likeness (QED) is 0.146. The van der Waals surface area contributed by atoms with Gasteiger partial charge in [-0.3, -0.25) is 4.90 Å². The Bertz CT molecular complexity index is 2470. The SMILES string of the molecule is Bc1ccc(N2/C(N)=C/C(C)=C\C(=C\C(C=C)=C\C)c3cc(C4=CCCCC4)ccc3-c3ccc4c(c32)C(C)(C)c2ccccc2-4)c(-c2ccccc2)c1. The summed E-state index contributed by atoms with van der Waals surface area (Å²) in [5.74, 6) is 0.674. The van der Waals surface area contributed by atoms with Crippen LogP contribution in [-0.2, 0) is 5.41 Å². The van der Waals surface area contributed by atoms with Crippen molar-refractivity contribution in [3.63, 3.8) is 0 Å². The zero-order valence-electron chi connectivity index (χ0n) is 32.3. The molecule has 5 aromatic carbocycles. The molecule has 2 nitrogen and oxygen atoms in total. The number of fused-ring (bicyclic) bond motifs is 7. The van der Waals surface area contributed by atoms with Crippen molar-refractivity contribution in [3.8, 4) is 33.4 Å². The fraction of sp³-hybridized carbons (Fsp3) is 0.176. The van der Waals surface area contributed by atoms with Gasteiger partial charge in [-0.1, -0.05) is 141 Å². The van der Waals surface area contributed by atoms with Gasteiger partial charge in [-0.2, -0.15) is 0 Å². The zero-order chi connectivity index (χ0) is 37.6. The molecular weight excluding hydrogens is 651 g/mol. The van der Waals surface area contributed by atoms with Crippen LogP contribution in [0.15, 0.2) is 163 Å². The van der Waals surface area contributed by atoms with Gasteiger partial charge in [0.15, 0.2) is 0 Å². The summed E-state index contributed by atoms with van der Waals surface area (Å²) >= 11 is 0. The molecule has 0 spiro atoms. The Hall–Kier alpha value is -5.80. The molecule has 266 valence electrons. The Morgan fingerprint density at radius 2 is 1.54 bits per heavy atom. The second-order valence-electron chi connectivity index (χ2n) is 15.6. The first-order valence-corrected chi connectivity index (χ1v) is 19.4. The van der Waals surface area contributed by atoms with E-state index in [4.69, 9.17) is 5.73 Å². The summed E-state index contributed by atoms with van der Waals surface area (Å²) in [7, 11) is 2.17. The molecule has 0 amide bonds. The average molecular weight is 701 g/mol. The second-order valence-corrected chi connectivity index (χ2v) is 15.6. The second kappa shape index (κ2) is 14.2. The number of benzene rings is 5. The molecule has 0 saturated carbocycles. The van der Waals surface area contributed by atoms with Crippen molar-refractivity contribution in [2.24, 2.45) is 5.73 Å². The normalized spacial score (nSPS) is 19.0. The van der Waals surface area contributed by atoms with Gasteiger partial charge in [-0.05, 0) is 131 Å². The minimum Gasteiger partial charge on any atom is -0.385 e. The molecule has 54 heavy (non-hydrogen) atoms. The summed E-state index contributed by atoms with van der Waals surface area (Å²) in [6.45, 7) is 13.2. The lowest BCUT2D eigenvalue weighted by atomic mass is 9.78. The summed E-state index contributed by atoms with van der Waals surface area (Å²) in [5, 5.41) is 0. The number of rotatable bonds is 5. The zero-order valence-corrected chi connectivity index (χ0v) is 32.3. The maximum atomic E-state index is 7.51. The molecule has 5 aromatic rings. The van der Waals surface area contributed by atoms with Crippen LogP contribution in [-0.4, -0.2) is 7.85 Å². The van der Waals surface area contributed by atoms with E-state index in [1.165, 1.54) is 62.8 Å². The molecule has 0 unspecified atom stereocenters. The number of nitrogens with zero attached hydrogens (tertiary/aromatic N) is 1. The first kappa shape index (κ1) is 35.2. The van der Waals surface area contributed by atoms with E-state index < -0.39 is 0 Å². The average Bonchev–Trinajstić information content (AvgIpc) is 3.43. The highest BCUT2D eigenvalue weighted by Gasteiger charge is 2.41. The van der Waals surface area contributed by atoms with Gasteiger partial charge in [-0.15, -0.1) is 0 Å². The molecule has 1 heterocycles. The van der Waals surface area contributed by atoms with E-state index in [0.717, 1.165) is 57.6 Å². The Morgan fingerprint density at radius 1 is 0.778 bits per heavy atom. The summed E-state index contributed by atoms with van der Waals surface area (Å²) in [6.07, 6.45) is 18.0. The lowest BCUT2D eigenvalue weighted by molar-refractivity contribution is 0.660. The van der Waals surface area contributed by atoms with Crippen LogP contribution in [0.5, 0.6) is 0 Å². The Balaban J connectivity index is 1.53. The van der Waals surface area contributed by atoms with Gasteiger partial charge >= 0.3 is 0 Å². The third-order valence-electron chi connectivity index (χ3n) is 11.6. The van der Waals surface area contributed by atoms with Crippen LogP contribution in [0.2, 0.25) is 0 Å². The molecule has 0 radical (unpaired) electrons. The molecule has 0 atom stereocenters. The predicted molar refractivity (Wildman–Crippen MR) is 236 cm³/mol. The van der Waals surface area contributed by atoms with Crippen molar-refractivity contribution in [1.82, 2.24) is 0 Å². The molecule has 3 heteroatoms. The van der Waals surface area contributed by atoms with Crippen molar-refractivity contribution < 1.29 is 0 Å². The number of hydrogen-bond acceptors (Lipinski definition) is 2. The van der Waals surface area contributed by atoms with E-state index >= 15 is 0 Å². The summed E-state index contributed by atoms with van der Waals surface area (Å²) < 4.78 is 0. The Morgan fingerprint density at radius 3 is 2.30 bits per heavy atom. The fourth-order valence-corrected chi connectivity index (χ4v) is 8.92. The topological polar surface area (TPSA) is 29.3 Å². The Labute approximate surface area is 322 Å². The highest BCUT2D eigenvalue weighted by molar-refractivity contribution is 6.33. The molecule has 2 N–H and O–H groups in total. The van der Waals surface area contributed by atoms with Crippen LogP contribution in [0, 0.1) is 0 Å². The van der Waals surface area contributed by atoms with Gasteiger partial charge in [0.05, 0.1) is 11.4 Å². The standard InChI is InChI=1S/C51H49BN2/c1-6-34(7-2)30-38-28-33(3)29-48(53)54(47-27-23-39(52)32-45(47)36-18-12-9-13-19-36)50-43(40-24-22-37(31-44(38)40)35-16-10-8-11-17-35)26-25-42-41-20-14-15-21-46(41)51(4,5)49(42)50/h6-7,9,12-16,18-32H,1,8,10-11,17,52-53H2,2-5H3/b33-28-,34-7+,38-30-,48-29+. The van der Waals surface area contributed by atoms with Gasteiger partial charge in [0, 0.05) is 16.5 Å². The lowest BCUT2D eigenvalue weighted by Crippen LogP contribution is -2.28. The minimum absolute atomic E-state index is 0.297. The van der Waals surface area contributed by atoms with E-state index in [2.05, 4.69) is 181 Å². The van der Waals surface area contributed by atoms with E-state index in [0.29, 0.717) is 5.82 Å². The van der Waals surface area contributed by atoms with Crippen LogP contribution in [0.25, 0.3) is 44.5 Å². The highest BCUT2D eigenvalue weighted by Crippen LogP contribution is 2.57. The minimum atomic E-state index is -0.297. The molecule has 2 aliphatic carbocycles. The van der Waals surface area contributed by atoms with Crippen LogP contribution in [0.1, 0.15) is 75.6 Å². The number of nitrogens with two attached hydrogens (primary N) is 1. The van der Waals surface area contributed by atoms with Crippen molar-refractivity contribution >= 4 is 35.8 Å². The fourth-order valence-electron chi connectivity index (χ4n) is 8.92. The molecule has 1 aliphatic heterocycles. The maximum absolute atomic E-state index is 7.51. The molecular formula is C51H49BN2. The van der Waals surface area contributed by atoms with Crippen molar-refractivity contribution in [3.05, 3.63) is 185 Å². The van der Waals surface area contributed by atoms with Crippen LogP contribution in [0.3, 0.4) is 0 Å². The molecule has 8 rings (SSSR count). The van der Waals surface area contributed by atoms with Crippen LogP contribution < -0.4 is 16.1 Å². The number of anilines is 2. The number of hydrogen-bond donors (Lipinski definition) is 1. The first-order valence-electron chi connectivity index (χ1n) is 19.4. The predicted octanol–water partition coefficient (Wildman–Crippen LogP) is 12.0. The molecule has 0 aromatic heterocycles. The third-order valence-corrected chi connectivity index (χ3v) is 11.6. The van der Waals surface area contributed by atoms with E-state index in [9.17, 15) is 0 Å². The van der Waals surface area contributed by atoms with E-state index in [1.807, 2.05) is 6.08 Å². The smallest absolute Gasteiger partial charge is 0.139 e. The summed E-state index contributed by atoms with van der Waals surface area (Å²) in [5.41, 5.74) is 27.6. The highest BCUT2D eigenvalue weighted by atomic mass is 15.2. The monoisotopic (exact) mass is 700 g/mol. The largest absolute Gasteiger partial charge is 0.385 e. The van der Waals surface area contributed by atoms with Crippen LogP contribution in [0.4, 0.5) is 11.4 Å². The molecule has 0 fully saturated rings. The number of allylic oxidation sites excluding steroid dienone is 10. The van der Waals surface area contributed by atoms with Crippen LogP contribution >= 0.6 is 0 Å². The van der Waals surface area contributed by atoms with E-state index in [1.54, 1.807) is 0 Å². The molecule has 0 bridgehead atoms. The van der Waals surface area contributed by atoms with Crippen molar-refractivity contribution in [2.45, 2.75) is 58.8 Å². The van der Waals surface area contributed by atoms with Gasteiger partial charge in [0.1, 0.15) is 13.7 Å². The maximum Gasteiger partial charge on any atom is 0.139 e. The van der Waals surface area contributed by atoms with Gasteiger partial charge in [0.25, 0.3) is 0 Å².